The van der Waals surface area contributed by atoms with Gasteiger partial charge in [-0.3, -0.25) is 4.90 Å². The van der Waals surface area contributed by atoms with Gasteiger partial charge in [-0.2, -0.15) is 4.37 Å². The van der Waals surface area contributed by atoms with Gasteiger partial charge in [-0.25, -0.2) is 4.79 Å². The largest absolute Gasteiger partial charge is 0.462 e. The normalized spacial score (nSPS) is 15.9. The lowest BCUT2D eigenvalue weighted by molar-refractivity contribution is 0.0378. The van der Waals surface area contributed by atoms with Crippen LogP contribution in [0.25, 0.3) is 0 Å². The van der Waals surface area contributed by atoms with Crippen LogP contribution in [0.4, 0.5) is 10.8 Å². The van der Waals surface area contributed by atoms with E-state index in [1.54, 1.807) is 6.92 Å². The maximum absolute atomic E-state index is 11.8. The van der Waals surface area contributed by atoms with E-state index < -0.39 is 5.97 Å². The zero-order valence-corrected chi connectivity index (χ0v) is 13.1. The highest BCUT2D eigenvalue weighted by Gasteiger charge is 2.20. The van der Waals surface area contributed by atoms with Gasteiger partial charge in [0.2, 0.25) is 0 Å². The second-order valence-corrected chi connectivity index (χ2v) is 5.50. The number of morpholine rings is 1. The maximum Gasteiger partial charge on any atom is 0.344 e. The SMILES string of the molecule is CCOC(=O)c1c(N)nsc1NCCCN1CCOCC1. The van der Waals surface area contributed by atoms with Crippen LogP contribution in [0, 0.1) is 0 Å². The standard InChI is InChI=1S/C13H22N4O3S/c1-2-20-13(18)10-11(14)16-21-12(10)15-4-3-5-17-6-8-19-9-7-17/h15H,2-9H2,1H3,(H2,14,16). The van der Waals surface area contributed by atoms with Gasteiger partial charge in [0.1, 0.15) is 10.6 Å². The van der Waals surface area contributed by atoms with Crippen molar-refractivity contribution in [3.8, 4) is 0 Å². The third-order valence-corrected chi connectivity index (χ3v) is 4.06. The molecule has 0 saturated carbocycles. The molecule has 1 aromatic heterocycles. The molecule has 21 heavy (non-hydrogen) atoms. The van der Waals surface area contributed by atoms with Gasteiger partial charge < -0.3 is 20.5 Å². The van der Waals surface area contributed by atoms with Gasteiger partial charge in [-0.1, -0.05) is 0 Å². The van der Waals surface area contributed by atoms with Crippen LogP contribution in [0.1, 0.15) is 23.7 Å². The van der Waals surface area contributed by atoms with Gasteiger partial charge in [0.15, 0.2) is 5.82 Å². The summed E-state index contributed by atoms with van der Waals surface area (Å²) in [5.41, 5.74) is 6.08. The molecule has 0 atom stereocenters. The molecule has 0 bridgehead atoms. The first-order valence-electron chi connectivity index (χ1n) is 7.18. The smallest absolute Gasteiger partial charge is 0.344 e. The summed E-state index contributed by atoms with van der Waals surface area (Å²) >= 11 is 1.20. The molecule has 2 heterocycles. The lowest BCUT2D eigenvalue weighted by atomic mass is 10.3. The number of ether oxygens (including phenoxy) is 2. The highest BCUT2D eigenvalue weighted by Crippen LogP contribution is 2.27. The van der Waals surface area contributed by atoms with E-state index in [0.717, 1.165) is 45.8 Å². The van der Waals surface area contributed by atoms with Gasteiger partial charge in [0.25, 0.3) is 0 Å². The van der Waals surface area contributed by atoms with Crippen LogP contribution in [-0.4, -0.2) is 61.2 Å². The van der Waals surface area contributed by atoms with Gasteiger partial charge in [-0.05, 0) is 31.4 Å². The van der Waals surface area contributed by atoms with Gasteiger partial charge in [0, 0.05) is 19.6 Å². The minimum absolute atomic E-state index is 0.231. The van der Waals surface area contributed by atoms with Crippen LogP contribution in [-0.2, 0) is 9.47 Å². The molecule has 1 saturated heterocycles. The molecule has 0 aromatic carbocycles. The van der Waals surface area contributed by atoms with Gasteiger partial charge >= 0.3 is 5.97 Å². The predicted molar refractivity (Wildman–Crippen MR) is 82.8 cm³/mol. The Kier molecular flexibility index (Phi) is 6.21. The van der Waals surface area contributed by atoms with Crippen LogP contribution < -0.4 is 11.1 Å². The number of esters is 1. The van der Waals surface area contributed by atoms with Gasteiger partial charge in [-0.15, -0.1) is 0 Å². The molecule has 2 rings (SSSR count). The summed E-state index contributed by atoms with van der Waals surface area (Å²) in [6.45, 7) is 7.47. The number of anilines is 2. The Morgan fingerprint density at radius 2 is 2.29 bits per heavy atom. The van der Waals surface area contributed by atoms with Crippen LogP contribution in [0.2, 0.25) is 0 Å². The van der Waals surface area contributed by atoms with Crippen molar-refractivity contribution in [2.75, 3.05) is 57.1 Å². The number of nitrogen functional groups attached to an aromatic ring is 1. The number of aromatic nitrogens is 1. The molecule has 0 amide bonds. The lowest BCUT2D eigenvalue weighted by Gasteiger charge is -2.26. The molecular weight excluding hydrogens is 292 g/mol. The van der Waals surface area contributed by atoms with E-state index in [4.69, 9.17) is 15.2 Å². The zero-order chi connectivity index (χ0) is 15.1. The fraction of sp³-hybridized carbons (Fsp3) is 0.692. The topological polar surface area (TPSA) is 89.7 Å². The average molecular weight is 314 g/mol. The van der Waals surface area contributed by atoms with E-state index in [2.05, 4.69) is 14.6 Å². The molecule has 1 fully saturated rings. The van der Waals surface area contributed by atoms with Crippen LogP contribution >= 0.6 is 11.5 Å². The summed E-state index contributed by atoms with van der Waals surface area (Å²) in [5, 5.41) is 3.92. The quantitative estimate of drug-likeness (QED) is 0.574. The first-order valence-corrected chi connectivity index (χ1v) is 7.96. The molecule has 0 aliphatic carbocycles. The first-order chi connectivity index (χ1) is 10.2. The Hall–Kier alpha value is -1.38. The summed E-state index contributed by atoms with van der Waals surface area (Å²) in [5.74, 6) is -0.187. The number of nitrogens with zero attached hydrogens (tertiary/aromatic N) is 2. The summed E-state index contributed by atoms with van der Waals surface area (Å²) in [6.07, 6.45) is 0.986. The van der Waals surface area contributed by atoms with Crippen LogP contribution in [0.5, 0.6) is 0 Å². The monoisotopic (exact) mass is 314 g/mol. The lowest BCUT2D eigenvalue weighted by Crippen LogP contribution is -2.37. The molecule has 0 radical (unpaired) electrons. The van der Waals surface area contributed by atoms with E-state index in [1.807, 2.05) is 0 Å². The van der Waals surface area contributed by atoms with Crippen molar-refractivity contribution in [2.45, 2.75) is 13.3 Å². The maximum atomic E-state index is 11.8. The number of rotatable bonds is 7. The van der Waals surface area contributed by atoms with Crippen molar-refractivity contribution >= 4 is 28.3 Å². The third kappa shape index (κ3) is 4.55. The molecule has 7 nitrogen and oxygen atoms in total. The van der Waals surface area contributed by atoms with Crippen molar-refractivity contribution < 1.29 is 14.3 Å². The Bertz CT molecular complexity index is 460. The van der Waals surface area contributed by atoms with E-state index in [9.17, 15) is 4.79 Å². The average Bonchev–Trinajstić information content (AvgIpc) is 2.86. The number of carbonyl (C=O) groups is 1. The van der Waals surface area contributed by atoms with E-state index in [-0.39, 0.29) is 5.82 Å². The molecule has 1 aliphatic heterocycles. The Labute approximate surface area is 128 Å². The summed E-state index contributed by atoms with van der Waals surface area (Å²) in [6, 6.07) is 0. The Balaban J connectivity index is 1.78. The fourth-order valence-electron chi connectivity index (χ4n) is 2.15. The zero-order valence-electron chi connectivity index (χ0n) is 12.3. The predicted octanol–water partition coefficient (Wildman–Crippen LogP) is 1.04. The molecule has 1 aliphatic rings. The van der Waals surface area contributed by atoms with Crippen molar-refractivity contribution in [1.29, 1.82) is 0 Å². The Morgan fingerprint density at radius 1 is 1.52 bits per heavy atom. The first kappa shape index (κ1) is 16.0. The molecule has 0 spiro atoms. The summed E-state index contributed by atoms with van der Waals surface area (Å²) < 4.78 is 14.3. The van der Waals surface area contributed by atoms with Crippen molar-refractivity contribution in [1.82, 2.24) is 9.27 Å². The minimum Gasteiger partial charge on any atom is -0.462 e. The highest BCUT2D eigenvalue weighted by molar-refractivity contribution is 7.11. The van der Waals surface area contributed by atoms with E-state index in [0.29, 0.717) is 17.2 Å². The second kappa shape index (κ2) is 8.16. The molecule has 118 valence electrons. The molecule has 0 unspecified atom stereocenters. The Morgan fingerprint density at radius 3 is 3.00 bits per heavy atom. The second-order valence-electron chi connectivity index (χ2n) is 4.73. The molecule has 3 N–H and O–H groups in total. The summed E-state index contributed by atoms with van der Waals surface area (Å²) in [4.78, 5) is 14.2. The molecule has 1 aromatic rings. The number of hydrogen-bond donors (Lipinski definition) is 2. The van der Waals surface area contributed by atoms with Crippen molar-refractivity contribution in [3.63, 3.8) is 0 Å². The van der Waals surface area contributed by atoms with Crippen LogP contribution in [0.3, 0.4) is 0 Å². The molecular formula is C13H22N4O3S. The molecule has 8 heteroatoms. The highest BCUT2D eigenvalue weighted by atomic mass is 32.1. The van der Waals surface area contributed by atoms with Crippen LogP contribution in [0.15, 0.2) is 0 Å². The number of nitrogens with two attached hydrogens (primary N) is 1. The fourth-order valence-corrected chi connectivity index (χ4v) is 2.88. The summed E-state index contributed by atoms with van der Waals surface area (Å²) in [7, 11) is 0. The van der Waals surface area contributed by atoms with Gasteiger partial charge in [0.05, 0.1) is 19.8 Å². The third-order valence-electron chi connectivity index (χ3n) is 3.24. The van der Waals surface area contributed by atoms with Crippen molar-refractivity contribution in [2.24, 2.45) is 0 Å². The number of carbonyl (C=O) groups excluding carboxylic acids is 1. The van der Waals surface area contributed by atoms with E-state index in [1.165, 1.54) is 11.5 Å². The van der Waals surface area contributed by atoms with E-state index >= 15 is 0 Å². The number of hydrogen-bond acceptors (Lipinski definition) is 8. The van der Waals surface area contributed by atoms with Crippen molar-refractivity contribution in [3.05, 3.63) is 5.56 Å². The minimum atomic E-state index is -0.417. The number of nitrogens with one attached hydrogen (secondary N) is 1.